The highest BCUT2D eigenvalue weighted by Gasteiger charge is 2.34. The van der Waals surface area contributed by atoms with Gasteiger partial charge in [-0.3, -0.25) is 9.69 Å². The number of fused-ring (bicyclic) bond motifs is 1. The molecule has 170 valence electrons. The van der Waals surface area contributed by atoms with E-state index in [-0.39, 0.29) is 11.6 Å². The Morgan fingerprint density at radius 3 is 2.75 bits per heavy atom. The standard InChI is InChI=1S/C24H32N6O2/c1-16-7-6-12-29(15-16)22(23-26-27-28-30(23)18-8-4-3-5-9-18)20-13-17-10-11-19(32-2)14-21(17)25-24(20)31/h10-11,13-14,16,18,22H,3-9,12,15H2,1-2H3,(H,25,31)/t16-,22-/m1/s1. The molecule has 0 amide bonds. The number of rotatable bonds is 5. The Hall–Kier alpha value is -2.74. The summed E-state index contributed by atoms with van der Waals surface area (Å²) in [4.78, 5) is 18.9. The van der Waals surface area contributed by atoms with Crippen LogP contribution in [-0.2, 0) is 0 Å². The normalized spacial score (nSPS) is 21.6. The second-order valence-corrected chi connectivity index (χ2v) is 9.43. The molecule has 2 atom stereocenters. The lowest BCUT2D eigenvalue weighted by Crippen LogP contribution is -2.41. The van der Waals surface area contributed by atoms with Crippen LogP contribution in [0.5, 0.6) is 5.75 Å². The number of tetrazole rings is 1. The fourth-order valence-corrected chi connectivity index (χ4v) is 5.45. The zero-order chi connectivity index (χ0) is 22.1. The number of hydrogen-bond acceptors (Lipinski definition) is 6. The first-order valence-corrected chi connectivity index (χ1v) is 11.9. The van der Waals surface area contributed by atoms with Crippen LogP contribution in [0.4, 0.5) is 0 Å². The van der Waals surface area contributed by atoms with Crippen molar-refractivity contribution < 1.29 is 4.74 Å². The minimum Gasteiger partial charge on any atom is -0.497 e. The Bertz CT molecular complexity index is 1130. The molecule has 0 unspecified atom stereocenters. The maximum absolute atomic E-state index is 13.4. The van der Waals surface area contributed by atoms with Gasteiger partial charge in [0.05, 0.1) is 18.7 Å². The summed E-state index contributed by atoms with van der Waals surface area (Å²) in [5.41, 5.74) is 1.39. The quantitative estimate of drug-likeness (QED) is 0.654. The molecule has 3 aromatic rings. The van der Waals surface area contributed by atoms with Crippen LogP contribution in [0.25, 0.3) is 10.9 Å². The molecule has 1 aliphatic heterocycles. The maximum atomic E-state index is 13.4. The Morgan fingerprint density at radius 2 is 1.97 bits per heavy atom. The lowest BCUT2D eigenvalue weighted by molar-refractivity contribution is 0.138. The van der Waals surface area contributed by atoms with Gasteiger partial charge in [0.25, 0.3) is 5.56 Å². The molecule has 0 bridgehead atoms. The van der Waals surface area contributed by atoms with Gasteiger partial charge in [0, 0.05) is 18.2 Å². The van der Waals surface area contributed by atoms with Gasteiger partial charge >= 0.3 is 0 Å². The molecular weight excluding hydrogens is 404 g/mol. The van der Waals surface area contributed by atoms with Gasteiger partial charge in [-0.2, -0.15) is 0 Å². The van der Waals surface area contributed by atoms with Crippen LogP contribution in [-0.4, -0.2) is 50.3 Å². The van der Waals surface area contributed by atoms with E-state index in [0.29, 0.717) is 17.5 Å². The summed E-state index contributed by atoms with van der Waals surface area (Å²) in [7, 11) is 1.63. The topological polar surface area (TPSA) is 88.9 Å². The number of nitrogens with zero attached hydrogens (tertiary/aromatic N) is 5. The van der Waals surface area contributed by atoms with E-state index >= 15 is 0 Å². The molecule has 1 aromatic carbocycles. The number of likely N-dealkylation sites (tertiary alicyclic amines) is 1. The van der Waals surface area contributed by atoms with Crippen molar-refractivity contribution in [2.45, 2.75) is 64.0 Å². The fourth-order valence-electron chi connectivity index (χ4n) is 5.45. The van der Waals surface area contributed by atoms with E-state index in [1.807, 2.05) is 28.9 Å². The van der Waals surface area contributed by atoms with Gasteiger partial charge in [-0.15, -0.1) is 5.10 Å². The highest BCUT2D eigenvalue weighted by molar-refractivity contribution is 5.80. The molecular formula is C24H32N6O2. The number of piperidine rings is 1. The van der Waals surface area contributed by atoms with Crippen LogP contribution in [0.3, 0.4) is 0 Å². The molecule has 2 aromatic heterocycles. The number of ether oxygens (including phenoxy) is 1. The number of pyridine rings is 1. The lowest BCUT2D eigenvalue weighted by Gasteiger charge is -2.37. The van der Waals surface area contributed by atoms with E-state index in [4.69, 9.17) is 4.74 Å². The average molecular weight is 437 g/mol. The molecule has 2 aliphatic rings. The van der Waals surface area contributed by atoms with Crippen LogP contribution >= 0.6 is 0 Å². The Kier molecular flexibility index (Phi) is 5.95. The Balaban J connectivity index is 1.62. The van der Waals surface area contributed by atoms with E-state index < -0.39 is 0 Å². The Morgan fingerprint density at radius 1 is 1.12 bits per heavy atom. The van der Waals surface area contributed by atoms with E-state index in [1.165, 1.54) is 25.7 Å². The van der Waals surface area contributed by atoms with Crippen LogP contribution in [0.2, 0.25) is 0 Å². The zero-order valence-electron chi connectivity index (χ0n) is 19.0. The third kappa shape index (κ3) is 4.03. The van der Waals surface area contributed by atoms with Gasteiger partial charge in [0.15, 0.2) is 5.82 Å². The van der Waals surface area contributed by atoms with Crippen molar-refractivity contribution >= 4 is 10.9 Å². The number of benzene rings is 1. The van der Waals surface area contributed by atoms with E-state index in [9.17, 15) is 4.79 Å². The number of H-pyrrole nitrogens is 1. The zero-order valence-corrected chi connectivity index (χ0v) is 19.0. The number of methoxy groups -OCH3 is 1. The molecule has 0 spiro atoms. The summed E-state index contributed by atoms with van der Waals surface area (Å²) < 4.78 is 7.34. The van der Waals surface area contributed by atoms with Crippen molar-refractivity contribution in [1.29, 1.82) is 0 Å². The SMILES string of the molecule is COc1ccc2cc([C@H](c3nnnn3C3CCCCC3)N3CCC[C@@H](C)C3)c(=O)[nH]c2c1. The number of hydrogen-bond donors (Lipinski definition) is 1. The van der Waals surface area contributed by atoms with Crippen molar-refractivity contribution in [3.8, 4) is 5.75 Å². The van der Waals surface area contributed by atoms with E-state index in [1.54, 1.807) is 7.11 Å². The first-order valence-electron chi connectivity index (χ1n) is 11.9. The van der Waals surface area contributed by atoms with Gasteiger partial charge in [-0.1, -0.05) is 26.2 Å². The summed E-state index contributed by atoms with van der Waals surface area (Å²) in [5, 5.41) is 14.0. The smallest absolute Gasteiger partial charge is 0.253 e. The monoisotopic (exact) mass is 436 g/mol. The minimum atomic E-state index is -0.259. The molecule has 5 rings (SSSR count). The van der Waals surface area contributed by atoms with Crippen molar-refractivity contribution in [3.05, 3.63) is 46.0 Å². The summed E-state index contributed by atoms with van der Waals surface area (Å²) in [6.07, 6.45) is 8.19. The second-order valence-electron chi connectivity index (χ2n) is 9.43. The number of aromatic nitrogens is 5. The molecule has 0 radical (unpaired) electrons. The number of nitrogens with one attached hydrogen (secondary N) is 1. The minimum absolute atomic E-state index is 0.0906. The summed E-state index contributed by atoms with van der Waals surface area (Å²) in [6.45, 7) is 4.15. The van der Waals surface area contributed by atoms with Crippen molar-refractivity contribution in [2.75, 3.05) is 20.2 Å². The fraction of sp³-hybridized carbons (Fsp3) is 0.583. The van der Waals surface area contributed by atoms with Crippen LogP contribution < -0.4 is 10.3 Å². The predicted molar refractivity (Wildman–Crippen MR) is 123 cm³/mol. The van der Waals surface area contributed by atoms with Crippen molar-refractivity contribution in [2.24, 2.45) is 5.92 Å². The van der Waals surface area contributed by atoms with Crippen LogP contribution in [0.1, 0.15) is 75.3 Å². The van der Waals surface area contributed by atoms with Gasteiger partial charge < -0.3 is 9.72 Å². The molecule has 1 saturated carbocycles. The first-order chi connectivity index (χ1) is 15.6. The van der Waals surface area contributed by atoms with Gasteiger partial charge in [0.1, 0.15) is 11.8 Å². The molecule has 3 heterocycles. The Labute approximate surface area is 188 Å². The number of aromatic amines is 1. The lowest BCUT2D eigenvalue weighted by atomic mass is 9.93. The van der Waals surface area contributed by atoms with Gasteiger partial charge in [-0.25, -0.2) is 4.68 Å². The summed E-state index contributed by atoms with van der Waals surface area (Å²) >= 11 is 0. The highest BCUT2D eigenvalue weighted by Crippen LogP contribution is 2.35. The highest BCUT2D eigenvalue weighted by atomic mass is 16.5. The molecule has 1 N–H and O–H groups in total. The molecule has 8 nitrogen and oxygen atoms in total. The van der Waals surface area contributed by atoms with Gasteiger partial charge in [-0.05, 0) is 72.2 Å². The summed E-state index contributed by atoms with van der Waals surface area (Å²) in [5.74, 6) is 2.10. The van der Waals surface area contributed by atoms with Crippen LogP contribution in [0, 0.1) is 5.92 Å². The molecule has 1 aliphatic carbocycles. The van der Waals surface area contributed by atoms with Crippen molar-refractivity contribution in [3.63, 3.8) is 0 Å². The molecule has 8 heteroatoms. The first kappa shape index (κ1) is 21.1. The van der Waals surface area contributed by atoms with Crippen molar-refractivity contribution in [1.82, 2.24) is 30.1 Å². The third-order valence-corrected chi connectivity index (χ3v) is 7.11. The van der Waals surface area contributed by atoms with Crippen LogP contribution in [0.15, 0.2) is 29.1 Å². The third-order valence-electron chi connectivity index (χ3n) is 7.11. The maximum Gasteiger partial charge on any atom is 0.253 e. The average Bonchev–Trinajstić information content (AvgIpc) is 3.29. The second kappa shape index (κ2) is 9.02. The molecule has 1 saturated heterocycles. The predicted octanol–water partition coefficient (Wildman–Crippen LogP) is 3.85. The van der Waals surface area contributed by atoms with E-state index in [2.05, 4.69) is 32.3 Å². The van der Waals surface area contributed by atoms with E-state index in [0.717, 1.165) is 54.8 Å². The molecule has 32 heavy (non-hydrogen) atoms. The largest absolute Gasteiger partial charge is 0.497 e. The summed E-state index contributed by atoms with van der Waals surface area (Å²) in [6, 6.07) is 7.84. The molecule has 2 fully saturated rings. The van der Waals surface area contributed by atoms with Gasteiger partial charge in [0.2, 0.25) is 0 Å².